The molecule has 0 bridgehead atoms. The maximum Gasteiger partial charge on any atom is 0.0947 e. The third-order valence-corrected chi connectivity index (χ3v) is 4.81. The number of benzene rings is 1. The molecule has 110 valence electrons. The van der Waals surface area contributed by atoms with Crippen molar-refractivity contribution in [2.24, 2.45) is 5.92 Å². The van der Waals surface area contributed by atoms with Crippen molar-refractivity contribution in [3.63, 3.8) is 0 Å². The van der Waals surface area contributed by atoms with E-state index in [0.717, 1.165) is 38.2 Å². The second-order valence-electron chi connectivity index (χ2n) is 6.27. The van der Waals surface area contributed by atoms with Crippen molar-refractivity contribution in [3.05, 3.63) is 35.4 Å². The molecule has 3 rings (SSSR count). The average molecular weight is 275 g/mol. The van der Waals surface area contributed by atoms with Gasteiger partial charge in [-0.15, -0.1) is 0 Å². The minimum absolute atomic E-state index is 0.242. The normalized spacial score (nSPS) is 30.2. The van der Waals surface area contributed by atoms with Crippen molar-refractivity contribution in [3.8, 4) is 0 Å². The molecular formula is C17H25NO2. The highest BCUT2D eigenvalue weighted by molar-refractivity contribution is 5.32. The standard InChI is InChI=1S/C17H25NO2/c1-18(11-13-5-4-10-20-12-13)16-9-8-14-6-2-3-7-15(14)17(16)19/h2-3,6-7,13,16-17,19H,4-5,8-12H2,1H3. The van der Waals surface area contributed by atoms with Crippen molar-refractivity contribution < 1.29 is 9.84 Å². The van der Waals surface area contributed by atoms with Crippen LogP contribution in [0.25, 0.3) is 0 Å². The lowest BCUT2D eigenvalue weighted by molar-refractivity contribution is 0.00788. The van der Waals surface area contributed by atoms with Crippen LogP contribution in [0.5, 0.6) is 0 Å². The molecule has 1 heterocycles. The summed E-state index contributed by atoms with van der Waals surface area (Å²) in [5.74, 6) is 0.623. The van der Waals surface area contributed by atoms with Gasteiger partial charge in [-0.3, -0.25) is 0 Å². The Hall–Kier alpha value is -0.900. The zero-order valence-electron chi connectivity index (χ0n) is 12.3. The largest absolute Gasteiger partial charge is 0.387 e. The van der Waals surface area contributed by atoms with Crippen molar-refractivity contribution in [1.29, 1.82) is 0 Å². The van der Waals surface area contributed by atoms with Gasteiger partial charge in [-0.2, -0.15) is 0 Å². The van der Waals surface area contributed by atoms with Crippen LogP contribution in [-0.4, -0.2) is 42.9 Å². The Kier molecular flexibility index (Phi) is 4.39. The van der Waals surface area contributed by atoms with Gasteiger partial charge in [0.25, 0.3) is 0 Å². The highest BCUT2D eigenvalue weighted by Gasteiger charge is 2.31. The Morgan fingerprint density at radius 3 is 2.95 bits per heavy atom. The second-order valence-corrected chi connectivity index (χ2v) is 6.27. The molecule has 1 fully saturated rings. The average Bonchev–Trinajstić information content (AvgIpc) is 2.49. The predicted molar refractivity (Wildman–Crippen MR) is 79.7 cm³/mol. The highest BCUT2D eigenvalue weighted by Crippen LogP contribution is 2.33. The van der Waals surface area contributed by atoms with E-state index in [9.17, 15) is 5.11 Å². The van der Waals surface area contributed by atoms with Crippen molar-refractivity contribution in [2.75, 3.05) is 26.8 Å². The van der Waals surface area contributed by atoms with Crippen LogP contribution in [-0.2, 0) is 11.2 Å². The molecule has 0 radical (unpaired) electrons. The Bertz CT molecular complexity index is 442. The predicted octanol–water partition coefficient (Wildman–Crippen LogP) is 2.39. The molecule has 3 heteroatoms. The molecule has 0 aromatic heterocycles. The summed E-state index contributed by atoms with van der Waals surface area (Å²) >= 11 is 0. The molecule has 1 N–H and O–H groups in total. The van der Waals surface area contributed by atoms with Crippen LogP contribution >= 0.6 is 0 Å². The lowest BCUT2D eigenvalue weighted by Crippen LogP contribution is -2.43. The lowest BCUT2D eigenvalue weighted by Gasteiger charge is -2.38. The van der Waals surface area contributed by atoms with Gasteiger partial charge >= 0.3 is 0 Å². The first-order valence-electron chi connectivity index (χ1n) is 7.79. The van der Waals surface area contributed by atoms with Crippen LogP contribution < -0.4 is 0 Å². The van der Waals surface area contributed by atoms with Gasteiger partial charge in [0.15, 0.2) is 0 Å². The van der Waals surface area contributed by atoms with Crippen LogP contribution in [0.15, 0.2) is 24.3 Å². The van der Waals surface area contributed by atoms with Gasteiger partial charge in [0.1, 0.15) is 0 Å². The third kappa shape index (κ3) is 2.90. The van der Waals surface area contributed by atoms with E-state index in [1.54, 1.807) is 0 Å². The lowest BCUT2D eigenvalue weighted by atomic mass is 9.85. The summed E-state index contributed by atoms with van der Waals surface area (Å²) in [6.07, 6.45) is 4.19. The molecular weight excluding hydrogens is 250 g/mol. The number of ether oxygens (including phenoxy) is 1. The smallest absolute Gasteiger partial charge is 0.0947 e. The van der Waals surface area contributed by atoms with Crippen LogP contribution in [0.3, 0.4) is 0 Å². The zero-order valence-corrected chi connectivity index (χ0v) is 12.3. The Morgan fingerprint density at radius 2 is 2.15 bits per heavy atom. The molecule has 3 unspecified atom stereocenters. The molecule has 2 aliphatic rings. The molecule has 0 spiro atoms. The van der Waals surface area contributed by atoms with Crippen LogP contribution in [0.1, 0.15) is 36.5 Å². The van der Waals surface area contributed by atoms with E-state index in [2.05, 4.69) is 30.1 Å². The molecule has 1 aliphatic heterocycles. The van der Waals surface area contributed by atoms with Gasteiger partial charge in [0, 0.05) is 19.2 Å². The maximum atomic E-state index is 10.6. The molecule has 3 atom stereocenters. The number of aryl methyl sites for hydroxylation is 1. The van der Waals surface area contributed by atoms with Crippen LogP contribution in [0, 0.1) is 5.92 Å². The Labute approximate surface area is 121 Å². The minimum Gasteiger partial charge on any atom is -0.387 e. The first-order chi connectivity index (χ1) is 9.75. The number of likely N-dealkylation sites (N-methyl/N-ethyl adjacent to an activating group) is 1. The van der Waals surface area contributed by atoms with Gasteiger partial charge in [-0.25, -0.2) is 0 Å². The van der Waals surface area contributed by atoms with E-state index in [1.807, 2.05) is 6.07 Å². The highest BCUT2D eigenvalue weighted by atomic mass is 16.5. The second kappa shape index (κ2) is 6.25. The SMILES string of the molecule is CN(CC1CCCOC1)C1CCc2ccccc2C1O. The Balaban J connectivity index is 1.65. The van der Waals surface area contributed by atoms with Gasteiger partial charge in [-0.05, 0) is 49.8 Å². The number of fused-ring (bicyclic) bond motifs is 1. The summed E-state index contributed by atoms with van der Waals surface area (Å²) in [6.45, 7) is 2.83. The summed E-state index contributed by atoms with van der Waals surface area (Å²) in [4.78, 5) is 2.35. The quantitative estimate of drug-likeness (QED) is 0.919. The number of aliphatic hydroxyl groups excluding tert-OH is 1. The molecule has 20 heavy (non-hydrogen) atoms. The summed E-state index contributed by atoms with van der Waals surface area (Å²) in [5.41, 5.74) is 2.43. The fourth-order valence-electron chi connectivity index (χ4n) is 3.67. The summed E-state index contributed by atoms with van der Waals surface area (Å²) < 4.78 is 5.56. The summed E-state index contributed by atoms with van der Waals surface area (Å²) in [7, 11) is 2.15. The van der Waals surface area contributed by atoms with E-state index < -0.39 is 0 Å². The topological polar surface area (TPSA) is 32.7 Å². The van der Waals surface area contributed by atoms with Gasteiger partial charge in [0.05, 0.1) is 12.7 Å². The van der Waals surface area contributed by atoms with E-state index in [1.165, 1.54) is 18.4 Å². The van der Waals surface area contributed by atoms with Crippen LogP contribution in [0.4, 0.5) is 0 Å². The van der Waals surface area contributed by atoms with E-state index >= 15 is 0 Å². The zero-order chi connectivity index (χ0) is 13.9. The first-order valence-corrected chi connectivity index (χ1v) is 7.79. The van der Waals surface area contributed by atoms with Gasteiger partial charge < -0.3 is 14.7 Å². The number of hydrogen-bond acceptors (Lipinski definition) is 3. The van der Waals surface area contributed by atoms with Gasteiger partial charge in [0.2, 0.25) is 0 Å². The molecule has 0 amide bonds. The van der Waals surface area contributed by atoms with E-state index in [0.29, 0.717) is 5.92 Å². The van der Waals surface area contributed by atoms with E-state index in [-0.39, 0.29) is 12.1 Å². The molecule has 3 nitrogen and oxygen atoms in total. The Morgan fingerprint density at radius 1 is 1.30 bits per heavy atom. The maximum absolute atomic E-state index is 10.6. The number of nitrogens with zero attached hydrogens (tertiary/aromatic N) is 1. The van der Waals surface area contributed by atoms with Gasteiger partial charge in [-0.1, -0.05) is 24.3 Å². The molecule has 1 aromatic carbocycles. The third-order valence-electron chi connectivity index (χ3n) is 4.81. The molecule has 0 saturated carbocycles. The monoisotopic (exact) mass is 275 g/mol. The van der Waals surface area contributed by atoms with E-state index in [4.69, 9.17) is 4.74 Å². The van der Waals surface area contributed by atoms with Crippen molar-refractivity contribution in [2.45, 2.75) is 37.8 Å². The number of hydrogen-bond donors (Lipinski definition) is 1. The fourth-order valence-corrected chi connectivity index (χ4v) is 3.67. The molecule has 1 aromatic rings. The number of aliphatic hydroxyl groups is 1. The first kappa shape index (κ1) is 14.1. The van der Waals surface area contributed by atoms with Crippen molar-refractivity contribution in [1.82, 2.24) is 4.90 Å². The molecule has 1 aliphatic carbocycles. The fraction of sp³-hybridized carbons (Fsp3) is 0.647. The number of rotatable bonds is 3. The van der Waals surface area contributed by atoms with Crippen molar-refractivity contribution >= 4 is 0 Å². The summed E-state index contributed by atoms with van der Waals surface area (Å²) in [6, 6.07) is 8.55. The minimum atomic E-state index is -0.352. The summed E-state index contributed by atoms with van der Waals surface area (Å²) in [5, 5.41) is 10.6. The van der Waals surface area contributed by atoms with Crippen LogP contribution in [0.2, 0.25) is 0 Å². The molecule has 1 saturated heterocycles.